The van der Waals surface area contributed by atoms with Crippen molar-refractivity contribution in [3.63, 3.8) is 0 Å². The number of benzene rings is 2. The fourth-order valence-electron chi connectivity index (χ4n) is 4.57. The Morgan fingerprint density at radius 2 is 1.79 bits per heavy atom. The molecular formula is C27H31ClN2O2S. The first-order valence-electron chi connectivity index (χ1n) is 11.8. The molecule has 4 nitrogen and oxygen atoms in total. The van der Waals surface area contributed by atoms with Crippen molar-refractivity contribution in [1.29, 1.82) is 0 Å². The molecule has 2 aromatic rings. The maximum atomic E-state index is 13.4. The standard InChI is InChI=1S/C27H31ClN2O2S/c1-2-19-7-9-21(10-8-19)17-25-27(32)30(23-5-3-4-6-24(23)33-25)18-26(31)29-16-15-20-11-13-22(28)14-12-20/h7-14,17,23-24H,2-6,15-16,18H2,1H3,(H,29,31)/b25-17+. The van der Waals surface area contributed by atoms with E-state index < -0.39 is 0 Å². The number of halogens is 1. The first kappa shape index (κ1) is 23.9. The third-order valence-corrected chi connectivity index (χ3v) is 8.12. The summed E-state index contributed by atoms with van der Waals surface area (Å²) in [6.45, 7) is 2.79. The number of thioether (sulfide) groups is 1. The van der Waals surface area contributed by atoms with Crippen LogP contribution < -0.4 is 5.32 Å². The van der Waals surface area contributed by atoms with Crippen molar-refractivity contribution < 1.29 is 9.59 Å². The van der Waals surface area contributed by atoms with Crippen LogP contribution in [0.25, 0.3) is 6.08 Å². The van der Waals surface area contributed by atoms with Crippen LogP contribution >= 0.6 is 23.4 Å². The summed E-state index contributed by atoms with van der Waals surface area (Å²) in [6.07, 6.45) is 8.07. The number of hydrogen-bond donors (Lipinski definition) is 1. The van der Waals surface area contributed by atoms with Gasteiger partial charge in [-0.05, 0) is 60.6 Å². The number of nitrogens with zero attached hydrogens (tertiary/aromatic N) is 1. The van der Waals surface area contributed by atoms with Crippen LogP contribution in [0.4, 0.5) is 0 Å². The summed E-state index contributed by atoms with van der Waals surface area (Å²) < 4.78 is 0. The molecule has 1 N–H and O–H groups in total. The van der Waals surface area contributed by atoms with Gasteiger partial charge in [0.25, 0.3) is 5.91 Å². The largest absolute Gasteiger partial charge is 0.354 e. The molecule has 1 aliphatic heterocycles. The average Bonchev–Trinajstić information content (AvgIpc) is 2.83. The molecular weight excluding hydrogens is 452 g/mol. The molecule has 2 atom stereocenters. The fraction of sp³-hybridized carbons (Fsp3) is 0.407. The Labute approximate surface area is 205 Å². The van der Waals surface area contributed by atoms with Crippen LogP contribution in [0.5, 0.6) is 0 Å². The van der Waals surface area contributed by atoms with Crippen LogP contribution in [0.2, 0.25) is 5.02 Å². The molecule has 0 spiro atoms. The van der Waals surface area contributed by atoms with Crippen molar-refractivity contribution in [2.24, 2.45) is 0 Å². The lowest BCUT2D eigenvalue weighted by molar-refractivity contribution is -0.135. The van der Waals surface area contributed by atoms with Crippen molar-refractivity contribution in [2.75, 3.05) is 13.1 Å². The number of nitrogens with one attached hydrogen (secondary N) is 1. The van der Waals surface area contributed by atoms with E-state index in [1.807, 2.05) is 35.2 Å². The Morgan fingerprint density at radius 1 is 1.09 bits per heavy atom. The van der Waals surface area contributed by atoms with Gasteiger partial charge >= 0.3 is 0 Å². The van der Waals surface area contributed by atoms with Gasteiger partial charge < -0.3 is 10.2 Å². The predicted molar refractivity (Wildman–Crippen MR) is 137 cm³/mol. The van der Waals surface area contributed by atoms with E-state index in [1.165, 1.54) is 12.0 Å². The topological polar surface area (TPSA) is 49.4 Å². The van der Waals surface area contributed by atoms with E-state index in [0.29, 0.717) is 16.8 Å². The lowest BCUT2D eigenvalue weighted by Crippen LogP contribution is -2.54. The zero-order valence-electron chi connectivity index (χ0n) is 19.1. The van der Waals surface area contributed by atoms with Crippen LogP contribution in [0.3, 0.4) is 0 Å². The van der Waals surface area contributed by atoms with Gasteiger partial charge in [-0.15, -0.1) is 11.8 Å². The monoisotopic (exact) mass is 482 g/mol. The number of carbonyl (C=O) groups excluding carboxylic acids is 2. The van der Waals surface area contributed by atoms with Crippen LogP contribution in [-0.2, 0) is 22.4 Å². The SMILES string of the molecule is CCc1ccc(/C=C2/SC3CCCCC3N(CC(=O)NCCc3ccc(Cl)cc3)C2=O)cc1. The Morgan fingerprint density at radius 3 is 2.52 bits per heavy atom. The number of rotatable bonds is 7. The summed E-state index contributed by atoms with van der Waals surface area (Å²) in [5, 5.41) is 4.06. The smallest absolute Gasteiger partial charge is 0.261 e. The molecule has 33 heavy (non-hydrogen) atoms. The van der Waals surface area contributed by atoms with Gasteiger partial charge in [0.15, 0.2) is 0 Å². The maximum Gasteiger partial charge on any atom is 0.261 e. The quantitative estimate of drug-likeness (QED) is 0.531. The summed E-state index contributed by atoms with van der Waals surface area (Å²) in [6, 6.07) is 16.1. The second-order valence-corrected chi connectivity index (χ2v) is 10.5. The van der Waals surface area contributed by atoms with Crippen LogP contribution in [0.15, 0.2) is 53.4 Å². The second-order valence-electron chi connectivity index (χ2n) is 8.77. The summed E-state index contributed by atoms with van der Waals surface area (Å²) in [5.41, 5.74) is 3.44. The van der Waals surface area contributed by atoms with Gasteiger partial charge in [0.2, 0.25) is 5.91 Å². The minimum Gasteiger partial charge on any atom is -0.354 e. The van der Waals surface area contributed by atoms with Crippen molar-refractivity contribution in [3.05, 3.63) is 75.1 Å². The molecule has 4 rings (SSSR count). The van der Waals surface area contributed by atoms with E-state index in [0.717, 1.165) is 48.1 Å². The zero-order valence-corrected chi connectivity index (χ0v) is 20.6. The molecule has 1 saturated carbocycles. The van der Waals surface area contributed by atoms with E-state index in [9.17, 15) is 9.59 Å². The van der Waals surface area contributed by atoms with Gasteiger partial charge in [-0.2, -0.15) is 0 Å². The molecule has 6 heteroatoms. The second kappa shape index (κ2) is 11.3. The first-order valence-corrected chi connectivity index (χ1v) is 13.1. The number of aryl methyl sites for hydroxylation is 1. The summed E-state index contributed by atoms with van der Waals surface area (Å²) in [5.74, 6) is -0.115. The Kier molecular flexibility index (Phi) is 8.15. The zero-order chi connectivity index (χ0) is 23.2. The van der Waals surface area contributed by atoms with Crippen molar-refractivity contribution >= 4 is 41.3 Å². The van der Waals surface area contributed by atoms with Crippen molar-refractivity contribution in [2.45, 2.75) is 56.7 Å². The molecule has 1 saturated heterocycles. The van der Waals surface area contributed by atoms with Gasteiger partial charge in [-0.1, -0.05) is 67.8 Å². The fourth-order valence-corrected chi connectivity index (χ4v) is 6.17. The molecule has 1 aliphatic carbocycles. The molecule has 0 radical (unpaired) electrons. The Bertz CT molecular complexity index is 1000. The number of carbonyl (C=O) groups is 2. The normalized spacial score (nSPS) is 21.7. The van der Waals surface area contributed by atoms with Gasteiger partial charge in [0.1, 0.15) is 6.54 Å². The van der Waals surface area contributed by atoms with Crippen LogP contribution in [-0.4, -0.2) is 41.1 Å². The van der Waals surface area contributed by atoms with E-state index in [4.69, 9.17) is 11.6 Å². The molecule has 2 fully saturated rings. The van der Waals surface area contributed by atoms with E-state index in [-0.39, 0.29) is 24.4 Å². The lowest BCUT2D eigenvalue weighted by Gasteiger charge is -2.43. The molecule has 1 heterocycles. The van der Waals surface area contributed by atoms with E-state index in [1.54, 1.807) is 11.8 Å². The highest BCUT2D eigenvalue weighted by Gasteiger charge is 2.41. The van der Waals surface area contributed by atoms with E-state index >= 15 is 0 Å². The van der Waals surface area contributed by atoms with Crippen molar-refractivity contribution in [3.8, 4) is 0 Å². The molecule has 2 amide bonds. The third kappa shape index (κ3) is 6.21. The minimum absolute atomic E-state index is 0.0180. The van der Waals surface area contributed by atoms with Crippen molar-refractivity contribution in [1.82, 2.24) is 10.2 Å². The summed E-state index contributed by atoms with van der Waals surface area (Å²) in [7, 11) is 0. The number of hydrogen-bond acceptors (Lipinski definition) is 3. The van der Waals surface area contributed by atoms with Gasteiger partial charge in [-0.25, -0.2) is 0 Å². The number of fused-ring (bicyclic) bond motifs is 1. The molecule has 2 unspecified atom stereocenters. The highest BCUT2D eigenvalue weighted by molar-refractivity contribution is 8.04. The van der Waals surface area contributed by atoms with Crippen LogP contribution in [0.1, 0.15) is 49.3 Å². The molecule has 174 valence electrons. The Hall–Kier alpha value is -2.24. The first-order chi connectivity index (χ1) is 16.0. The third-order valence-electron chi connectivity index (χ3n) is 6.47. The lowest BCUT2D eigenvalue weighted by atomic mass is 9.93. The van der Waals surface area contributed by atoms with Gasteiger partial charge in [0, 0.05) is 22.9 Å². The van der Waals surface area contributed by atoms with E-state index in [2.05, 4.69) is 36.5 Å². The molecule has 0 aromatic heterocycles. The van der Waals surface area contributed by atoms with Gasteiger partial charge in [0.05, 0.1) is 4.91 Å². The molecule has 2 aromatic carbocycles. The molecule has 0 bridgehead atoms. The Balaban J connectivity index is 1.42. The maximum absolute atomic E-state index is 13.4. The van der Waals surface area contributed by atoms with Gasteiger partial charge in [-0.3, -0.25) is 9.59 Å². The van der Waals surface area contributed by atoms with Crippen LogP contribution in [0, 0.1) is 0 Å². The molecule has 2 aliphatic rings. The number of amides is 2. The minimum atomic E-state index is -0.0971. The highest BCUT2D eigenvalue weighted by Crippen LogP contribution is 2.42. The average molecular weight is 483 g/mol. The summed E-state index contributed by atoms with van der Waals surface area (Å²) >= 11 is 7.64. The highest BCUT2D eigenvalue weighted by atomic mass is 35.5. The predicted octanol–water partition coefficient (Wildman–Crippen LogP) is 5.49. The summed E-state index contributed by atoms with van der Waals surface area (Å²) in [4.78, 5) is 28.7.